The fraction of sp³-hybridized carbons (Fsp3) is 0.429. The molecule has 4 nitrogen and oxygen atoms in total. The Bertz CT molecular complexity index is 725. The van der Waals surface area contributed by atoms with Crippen LogP contribution in [0.4, 0.5) is 8.78 Å². The Morgan fingerprint density at radius 1 is 1.48 bits per heavy atom. The minimum atomic E-state index is -0.968. The largest absolute Gasteiger partial charge is 0.481 e. The molecule has 1 aliphatic carbocycles. The molecule has 7 heteroatoms. The molecule has 1 heterocycles. The van der Waals surface area contributed by atoms with Crippen molar-refractivity contribution in [1.29, 1.82) is 0 Å². The third-order valence-electron chi connectivity index (χ3n) is 3.94. The number of thioether (sulfide) groups is 1. The van der Waals surface area contributed by atoms with Crippen LogP contribution in [0, 0.1) is 11.6 Å². The van der Waals surface area contributed by atoms with Crippen molar-refractivity contribution in [1.82, 2.24) is 9.55 Å². The van der Waals surface area contributed by atoms with Gasteiger partial charge in [-0.1, -0.05) is 11.8 Å². The van der Waals surface area contributed by atoms with Crippen molar-refractivity contribution in [2.75, 3.05) is 5.75 Å². The Labute approximate surface area is 124 Å². The maximum absolute atomic E-state index is 13.9. The summed E-state index contributed by atoms with van der Waals surface area (Å²) in [4.78, 5) is 15.0. The topological polar surface area (TPSA) is 55.1 Å². The molecule has 0 amide bonds. The van der Waals surface area contributed by atoms with E-state index in [4.69, 9.17) is 5.11 Å². The number of carboxylic acids is 1. The fourth-order valence-corrected chi connectivity index (χ4v) is 3.60. The van der Waals surface area contributed by atoms with Crippen LogP contribution in [0.25, 0.3) is 11.0 Å². The zero-order valence-corrected chi connectivity index (χ0v) is 12.2. The summed E-state index contributed by atoms with van der Waals surface area (Å²) in [7, 11) is 0. The van der Waals surface area contributed by atoms with E-state index in [1.165, 1.54) is 6.07 Å². The van der Waals surface area contributed by atoms with Crippen LogP contribution >= 0.6 is 11.8 Å². The van der Waals surface area contributed by atoms with Crippen molar-refractivity contribution in [2.24, 2.45) is 0 Å². The van der Waals surface area contributed by atoms with Gasteiger partial charge >= 0.3 is 5.97 Å². The van der Waals surface area contributed by atoms with E-state index in [2.05, 4.69) is 4.98 Å². The second-order valence-corrected chi connectivity index (χ2v) is 6.46. The van der Waals surface area contributed by atoms with Gasteiger partial charge in [-0.2, -0.15) is 0 Å². The molecule has 112 valence electrons. The van der Waals surface area contributed by atoms with E-state index < -0.39 is 17.6 Å². The second-order valence-electron chi connectivity index (χ2n) is 5.52. The molecule has 0 atom stereocenters. The highest BCUT2D eigenvalue weighted by Gasteiger charge is 2.37. The van der Waals surface area contributed by atoms with Gasteiger partial charge in [0.15, 0.2) is 11.0 Å². The molecule has 0 aliphatic heterocycles. The lowest BCUT2D eigenvalue weighted by Crippen LogP contribution is -2.37. The smallest absolute Gasteiger partial charge is 0.313 e. The molecule has 1 N–H and O–H groups in total. The molecule has 0 unspecified atom stereocenters. The number of hydrogen-bond acceptors (Lipinski definition) is 3. The van der Waals surface area contributed by atoms with Gasteiger partial charge in [0.05, 0.1) is 11.3 Å². The zero-order chi connectivity index (χ0) is 15.2. The molecule has 1 aliphatic rings. The van der Waals surface area contributed by atoms with Crippen LogP contribution < -0.4 is 0 Å². The molecule has 1 aromatic carbocycles. The minimum Gasteiger partial charge on any atom is -0.481 e. The van der Waals surface area contributed by atoms with Crippen LogP contribution in [0.1, 0.15) is 26.2 Å². The number of aliphatic carboxylic acids is 1. The predicted molar refractivity (Wildman–Crippen MR) is 75.5 cm³/mol. The van der Waals surface area contributed by atoms with E-state index in [0.29, 0.717) is 10.7 Å². The molecule has 21 heavy (non-hydrogen) atoms. The van der Waals surface area contributed by atoms with Gasteiger partial charge in [-0.15, -0.1) is 0 Å². The van der Waals surface area contributed by atoms with E-state index in [0.717, 1.165) is 37.1 Å². The number of benzene rings is 1. The zero-order valence-electron chi connectivity index (χ0n) is 11.4. The Kier molecular flexibility index (Phi) is 3.39. The molecule has 1 saturated carbocycles. The predicted octanol–water partition coefficient (Wildman–Crippen LogP) is 3.39. The summed E-state index contributed by atoms with van der Waals surface area (Å²) < 4.78 is 29.2. The van der Waals surface area contributed by atoms with E-state index in [9.17, 15) is 13.6 Å². The lowest BCUT2D eigenvalue weighted by molar-refractivity contribution is -0.133. The number of halogens is 2. The standard InChI is InChI=1S/C14H14F2N2O2S/c1-14(3-2-4-14)18-10-6-8(15)5-9(16)12(10)17-13(18)21-7-11(19)20/h5-6H,2-4,7H2,1H3,(H,19,20). The van der Waals surface area contributed by atoms with E-state index in [-0.39, 0.29) is 16.8 Å². The van der Waals surface area contributed by atoms with Gasteiger partial charge in [0.2, 0.25) is 0 Å². The fourth-order valence-electron chi connectivity index (χ4n) is 2.74. The third-order valence-corrected chi connectivity index (χ3v) is 4.87. The summed E-state index contributed by atoms with van der Waals surface area (Å²) in [5, 5.41) is 9.25. The lowest BCUT2D eigenvalue weighted by Gasteiger charge is -2.41. The van der Waals surface area contributed by atoms with Crippen LogP contribution in [0.2, 0.25) is 0 Å². The SMILES string of the molecule is CC1(n2c(SCC(=O)O)nc3c(F)cc(F)cc32)CCC1. The van der Waals surface area contributed by atoms with Crippen molar-refractivity contribution >= 4 is 28.8 Å². The molecule has 0 radical (unpaired) electrons. The molecule has 2 aromatic rings. The molecule has 0 spiro atoms. The summed E-state index contributed by atoms with van der Waals surface area (Å²) in [6.07, 6.45) is 2.81. The van der Waals surface area contributed by atoms with Crippen molar-refractivity contribution in [3.05, 3.63) is 23.8 Å². The first-order valence-corrected chi connectivity index (χ1v) is 7.62. The van der Waals surface area contributed by atoms with Crippen molar-refractivity contribution < 1.29 is 18.7 Å². The summed E-state index contributed by atoms with van der Waals surface area (Å²) in [6.45, 7) is 2.01. The maximum Gasteiger partial charge on any atom is 0.313 e. The first-order valence-electron chi connectivity index (χ1n) is 6.63. The van der Waals surface area contributed by atoms with Gasteiger partial charge in [-0.25, -0.2) is 13.8 Å². The number of carbonyl (C=O) groups is 1. The molecular weight excluding hydrogens is 298 g/mol. The molecule has 3 rings (SSSR count). The monoisotopic (exact) mass is 312 g/mol. The summed E-state index contributed by atoms with van der Waals surface area (Å²) in [5.74, 6) is -2.50. The number of aromatic nitrogens is 2. The summed E-state index contributed by atoms with van der Waals surface area (Å²) in [6, 6.07) is 2.06. The maximum atomic E-state index is 13.9. The Morgan fingerprint density at radius 2 is 2.19 bits per heavy atom. The molecule has 1 fully saturated rings. The van der Waals surface area contributed by atoms with Gasteiger partial charge in [0.1, 0.15) is 11.3 Å². The number of rotatable bonds is 4. The Morgan fingerprint density at radius 3 is 2.76 bits per heavy atom. The van der Waals surface area contributed by atoms with Crippen LogP contribution in [0.15, 0.2) is 17.3 Å². The number of carboxylic acid groups (broad SMARTS) is 1. The Hall–Kier alpha value is -1.63. The van der Waals surface area contributed by atoms with Gasteiger partial charge in [-0.3, -0.25) is 4.79 Å². The van der Waals surface area contributed by atoms with Crippen LogP contribution in [-0.4, -0.2) is 26.4 Å². The highest BCUT2D eigenvalue weighted by Crippen LogP contribution is 2.43. The van der Waals surface area contributed by atoms with Crippen molar-refractivity contribution in [3.63, 3.8) is 0 Å². The lowest BCUT2D eigenvalue weighted by atomic mass is 9.78. The minimum absolute atomic E-state index is 0.0948. The average molecular weight is 312 g/mol. The van der Waals surface area contributed by atoms with E-state index in [1.54, 1.807) is 4.57 Å². The first-order chi connectivity index (χ1) is 9.90. The third kappa shape index (κ3) is 2.39. The summed E-state index contributed by atoms with van der Waals surface area (Å²) in [5.41, 5.74) is 0.232. The van der Waals surface area contributed by atoms with Crippen LogP contribution in [-0.2, 0) is 10.3 Å². The van der Waals surface area contributed by atoms with E-state index in [1.807, 2.05) is 6.92 Å². The first kappa shape index (κ1) is 14.3. The highest BCUT2D eigenvalue weighted by molar-refractivity contribution is 7.99. The number of hydrogen-bond donors (Lipinski definition) is 1. The highest BCUT2D eigenvalue weighted by atomic mass is 32.2. The quantitative estimate of drug-likeness (QED) is 0.879. The van der Waals surface area contributed by atoms with Gasteiger partial charge < -0.3 is 9.67 Å². The van der Waals surface area contributed by atoms with Gasteiger partial charge in [-0.05, 0) is 26.2 Å². The second kappa shape index (κ2) is 4.98. The van der Waals surface area contributed by atoms with E-state index >= 15 is 0 Å². The molecule has 0 bridgehead atoms. The Balaban J connectivity index is 2.18. The number of nitrogens with zero attached hydrogens (tertiary/aromatic N) is 2. The van der Waals surface area contributed by atoms with Gasteiger partial charge in [0.25, 0.3) is 0 Å². The van der Waals surface area contributed by atoms with Gasteiger partial charge in [0, 0.05) is 17.7 Å². The normalized spacial score (nSPS) is 16.9. The van der Waals surface area contributed by atoms with Crippen LogP contribution in [0.5, 0.6) is 0 Å². The van der Waals surface area contributed by atoms with Crippen molar-refractivity contribution in [3.8, 4) is 0 Å². The van der Waals surface area contributed by atoms with Crippen LogP contribution in [0.3, 0.4) is 0 Å². The summed E-state index contributed by atoms with van der Waals surface area (Å²) >= 11 is 1.03. The molecular formula is C14H14F2N2O2S. The number of imidazole rings is 1. The average Bonchev–Trinajstić information content (AvgIpc) is 2.72. The molecule has 1 aromatic heterocycles. The number of fused-ring (bicyclic) bond motifs is 1. The molecule has 0 saturated heterocycles. The van der Waals surface area contributed by atoms with Crippen molar-refractivity contribution in [2.45, 2.75) is 36.9 Å².